The minimum Gasteiger partial charge on any atom is -0.497 e. The molecular formula is C22H24N2O6. The molecule has 0 spiro atoms. The van der Waals surface area contributed by atoms with Gasteiger partial charge in [0.15, 0.2) is 6.61 Å². The van der Waals surface area contributed by atoms with Crippen LogP contribution in [0.25, 0.3) is 0 Å². The van der Waals surface area contributed by atoms with Crippen molar-refractivity contribution in [2.45, 2.75) is 13.3 Å². The third-order valence-corrected chi connectivity index (χ3v) is 4.64. The van der Waals surface area contributed by atoms with Crippen molar-refractivity contribution < 1.29 is 28.6 Å². The van der Waals surface area contributed by atoms with Crippen molar-refractivity contribution in [1.29, 1.82) is 0 Å². The Bertz CT molecular complexity index is 895. The van der Waals surface area contributed by atoms with Crippen LogP contribution in [0.4, 0.5) is 11.4 Å². The van der Waals surface area contributed by atoms with Crippen LogP contribution in [0.2, 0.25) is 0 Å². The SMILES string of the molecule is CCOc1ccc(N2C[C@H](C(=O)OCC(=O)Nc3ccc(OC)cc3)CC2=O)cc1. The van der Waals surface area contributed by atoms with Crippen molar-refractivity contribution in [2.75, 3.05) is 37.1 Å². The molecule has 8 nitrogen and oxygen atoms in total. The molecule has 0 aromatic heterocycles. The van der Waals surface area contributed by atoms with E-state index in [1.165, 1.54) is 0 Å². The summed E-state index contributed by atoms with van der Waals surface area (Å²) in [5.41, 5.74) is 1.26. The molecule has 0 unspecified atom stereocenters. The maximum absolute atomic E-state index is 12.3. The molecule has 1 atom stereocenters. The van der Waals surface area contributed by atoms with E-state index < -0.39 is 24.4 Å². The first-order valence-corrected chi connectivity index (χ1v) is 9.64. The number of hydrogen-bond acceptors (Lipinski definition) is 6. The Balaban J connectivity index is 1.49. The molecule has 158 valence electrons. The summed E-state index contributed by atoms with van der Waals surface area (Å²) in [6.07, 6.45) is 0.0478. The number of nitrogens with zero attached hydrogens (tertiary/aromatic N) is 1. The molecule has 3 rings (SSSR count). The Morgan fingerprint density at radius 1 is 1.07 bits per heavy atom. The summed E-state index contributed by atoms with van der Waals surface area (Å²) < 4.78 is 15.6. The monoisotopic (exact) mass is 412 g/mol. The smallest absolute Gasteiger partial charge is 0.311 e. The molecule has 0 radical (unpaired) electrons. The largest absolute Gasteiger partial charge is 0.497 e. The van der Waals surface area contributed by atoms with Crippen LogP contribution >= 0.6 is 0 Å². The van der Waals surface area contributed by atoms with Gasteiger partial charge < -0.3 is 24.4 Å². The van der Waals surface area contributed by atoms with Gasteiger partial charge in [-0.3, -0.25) is 14.4 Å². The van der Waals surface area contributed by atoms with Crippen molar-refractivity contribution in [2.24, 2.45) is 5.92 Å². The van der Waals surface area contributed by atoms with E-state index in [1.807, 2.05) is 6.92 Å². The molecule has 0 saturated carbocycles. The summed E-state index contributed by atoms with van der Waals surface area (Å²) in [5.74, 6) is -0.418. The number of esters is 1. The molecule has 1 N–H and O–H groups in total. The first kappa shape index (κ1) is 21.2. The molecule has 2 amide bonds. The number of methoxy groups -OCH3 is 1. The van der Waals surface area contributed by atoms with Crippen LogP contribution in [-0.2, 0) is 19.1 Å². The minimum absolute atomic E-state index is 0.0478. The van der Waals surface area contributed by atoms with Gasteiger partial charge in [0.2, 0.25) is 5.91 Å². The lowest BCUT2D eigenvalue weighted by atomic mass is 10.1. The van der Waals surface area contributed by atoms with E-state index >= 15 is 0 Å². The lowest BCUT2D eigenvalue weighted by Crippen LogP contribution is -2.28. The van der Waals surface area contributed by atoms with E-state index in [1.54, 1.807) is 60.5 Å². The van der Waals surface area contributed by atoms with Gasteiger partial charge >= 0.3 is 5.97 Å². The van der Waals surface area contributed by atoms with Gasteiger partial charge in [-0.1, -0.05) is 0 Å². The maximum atomic E-state index is 12.3. The highest BCUT2D eigenvalue weighted by molar-refractivity contribution is 6.00. The maximum Gasteiger partial charge on any atom is 0.311 e. The number of carbonyl (C=O) groups is 3. The number of amides is 2. The van der Waals surface area contributed by atoms with Gasteiger partial charge in [0.25, 0.3) is 5.91 Å². The second kappa shape index (κ2) is 9.78. The van der Waals surface area contributed by atoms with E-state index in [0.717, 1.165) is 0 Å². The minimum atomic E-state index is -0.613. The molecule has 1 saturated heterocycles. The van der Waals surface area contributed by atoms with E-state index in [4.69, 9.17) is 14.2 Å². The summed E-state index contributed by atoms with van der Waals surface area (Å²) in [7, 11) is 1.55. The van der Waals surface area contributed by atoms with Crippen molar-refractivity contribution in [1.82, 2.24) is 0 Å². The van der Waals surface area contributed by atoms with Crippen LogP contribution in [0.1, 0.15) is 13.3 Å². The van der Waals surface area contributed by atoms with Crippen LogP contribution in [0.5, 0.6) is 11.5 Å². The lowest BCUT2D eigenvalue weighted by Gasteiger charge is -2.17. The molecule has 2 aromatic carbocycles. The number of benzene rings is 2. The molecule has 2 aromatic rings. The van der Waals surface area contributed by atoms with E-state index in [9.17, 15) is 14.4 Å². The average Bonchev–Trinajstić information content (AvgIpc) is 3.15. The second-order valence-corrected chi connectivity index (χ2v) is 6.72. The Kier molecular flexibility index (Phi) is 6.90. The second-order valence-electron chi connectivity index (χ2n) is 6.72. The summed E-state index contributed by atoms with van der Waals surface area (Å²) in [5, 5.41) is 2.64. The fourth-order valence-electron chi connectivity index (χ4n) is 3.13. The zero-order valence-electron chi connectivity index (χ0n) is 16.9. The van der Waals surface area contributed by atoms with Gasteiger partial charge in [0, 0.05) is 24.3 Å². The first-order valence-electron chi connectivity index (χ1n) is 9.64. The summed E-state index contributed by atoms with van der Waals surface area (Å²) in [4.78, 5) is 38.2. The zero-order chi connectivity index (χ0) is 21.5. The van der Waals surface area contributed by atoms with E-state index in [-0.39, 0.29) is 18.9 Å². The number of anilines is 2. The first-order chi connectivity index (χ1) is 14.5. The highest BCUT2D eigenvalue weighted by Gasteiger charge is 2.36. The van der Waals surface area contributed by atoms with Gasteiger partial charge in [-0.2, -0.15) is 0 Å². The molecular weight excluding hydrogens is 388 g/mol. The standard InChI is InChI=1S/C22H24N2O6/c1-3-29-19-10-6-17(7-11-19)24-13-15(12-21(24)26)22(27)30-14-20(25)23-16-4-8-18(28-2)9-5-16/h4-11,15H,3,12-14H2,1-2H3,(H,23,25)/t15-/m1/s1. The van der Waals surface area contributed by atoms with Crippen molar-refractivity contribution in [3.8, 4) is 11.5 Å². The molecule has 1 fully saturated rings. The highest BCUT2D eigenvalue weighted by atomic mass is 16.5. The van der Waals surface area contributed by atoms with Crippen LogP contribution in [-0.4, -0.2) is 44.7 Å². The fraction of sp³-hybridized carbons (Fsp3) is 0.318. The van der Waals surface area contributed by atoms with Crippen molar-refractivity contribution >= 4 is 29.2 Å². The molecule has 0 aliphatic carbocycles. The number of carbonyl (C=O) groups excluding carboxylic acids is 3. The topological polar surface area (TPSA) is 94.2 Å². The fourth-order valence-corrected chi connectivity index (χ4v) is 3.13. The van der Waals surface area contributed by atoms with Crippen LogP contribution in [0.15, 0.2) is 48.5 Å². The van der Waals surface area contributed by atoms with Crippen molar-refractivity contribution in [3.05, 3.63) is 48.5 Å². The predicted octanol–water partition coefficient (Wildman–Crippen LogP) is 2.63. The summed E-state index contributed by atoms with van der Waals surface area (Å²) in [6, 6.07) is 13.9. The molecule has 0 bridgehead atoms. The summed E-state index contributed by atoms with van der Waals surface area (Å²) >= 11 is 0. The number of hydrogen-bond donors (Lipinski definition) is 1. The molecule has 1 aliphatic heterocycles. The molecule has 30 heavy (non-hydrogen) atoms. The van der Waals surface area contributed by atoms with Gasteiger partial charge in [-0.25, -0.2) is 0 Å². The Labute approximate surface area is 174 Å². The lowest BCUT2D eigenvalue weighted by molar-refractivity contribution is -0.151. The normalized spacial score (nSPS) is 15.6. The summed E-state index contributed by atoms with van der Waals surface area (Å²) in [6.45, 7) is 2.25. The quantitative estimate of drug-likeness (QED) is 0.670. The van der Waals surface area contributed by atoms with Gasteiger partial charge in [0.1, 0.15) is 11.5 Å². The Morgan fingerprint density at radius 3 is 2.37 bits per heavy atom. The van der Waals surface area contributed by atoms with E-state index in [0.29, 0.717) is 29.5 Å². The van der Waals surface area contributed by atoms with Crippen LogP contribution in [0, 0.1) is 5.92 Å². The Morgan fingerprint density at radius 2 is 1.73 bits per heavy atom. The highest BCUT2D eigenvalue weighted by Crippen LogP contribution is 2.27. The number of nitrogens with one attached hydrogen (secondary N) is 1. The van der Waals surface area contributed by atoms with Crippen LogP contribution < -0.4 is 19.7 Å². The van der Waals surface area contributed by atoms with Crippen LogP contribution in [0.3, 0.4) is 0 Å². The number of rotatable bonds is 8. The van der Waals surface area contributed by atoms with E-state index in [2.05, 4.69) is 5.32 Å². The predicted molar refractivity (Wildman–Crippen MR) is 111 cm³/mol. The van der Waals surface area contributed by atoms with Gasteiger partial charge in [-0.05, 0) is 55.5 Å². The van der Waals surface area contributed by atoms with Crippen molar-refractivity contribution in [3.63, 3.8) is 0 Å². The Hall–Kier alpha value is -3.55. The zero-order valence-corrected chi connectivity index (χ0v) is 16.9. The third-order valence-electron chi connectivity index (χ3n) is 4.64. The molecule has 8 heteroatoms. The van der Waals surface area contributed by atoms with Gasteiger partial charge in [-0.15, -0.1) is 0 Å². The number of ether oxygens (including phenoxy) is 3. The average molecular weight is 412 g/mol. The molecule has 1 aliphatic rings. The molecule has 1 heterocycles. The van der Waals surface area contributed by atoms with Gasteiger partial charge in [0.05, 0.1) is 19.6 Å². The third kappa shape index (κ3) is 5.28.